The average molecular weight is 293 g/mol. The summed E-state index contributed by atoms with van der Waals surface area (Å²) in [6.45, 7) is 9.63. The minimum absolute atomic E-state index is 0.00429. The summed E-state index contributed by atoms with van der Waals surface area (Å²) >= 11 is 0. The van der Waals surface area contributed by atoms with E-state index in [1.807, 2.05) is 13.8 Å². The van der Waals surface area contributed by atoms with Gasteiger partial charge in [-0.15, -0.1) is 0 Å². The van der Waals surface area contributed by atoms with Crippen LogP contribution in [0.2, 0.25) is 0 Å². The van der Waals surface area contributed by atoms with Crippen LogP contribution in [0.1, 0.15) is 47.5 Å². The second kappa shape index (κ2) is 6.70. The largest absolute Gasteiger partial charge is 0.459 e. The van der Waals surface area contributed by atoms with Gasteiger partial charge in [-0.05, 0) is 45.6 Å². The Bertz CT molecular complexity index is 393. The molecule has 0 aromatic carbocycles. The highest BCUT2D eigenvalue weighted by Crippen LogP contribution is 2.20. The number of carbonyl (C=O) groups is 1. The number of hydrogen-bond acceptors (Lipinski definition) is 5. The first kappa shape index (κ1) is 18.4. The molecule has 0 aliphatic carbocycles. The lowest BCUT2D eigenvalue weighted by Gasteiger charge is -2.22. The van der Waals surface area contributed by atoms with E-state index in [4.69, 9.17) is 10.5 Å². The Morgan fingerprint density at radius 2 is 1.68 bits per heavy atom. The van der Waals surface area contributed by atoms with E-state index in [0.717, 1.165) is 6.42 Å². The van der Waals surface area contributed by atoms with Crippen LogP contribution in [-0.2, 0) is 19.4 Å². The van der Waals surface area contributed by atoms with Crippen molar-refractivity contribution in [1.82, 2.24) is 0 Å². The van der Waals surface area contributed by atoms with Crippen molar-refractivity contribution in [1.29, 1.82) is 0 Å². The van der Waals surface area contributed by atoms with Gasteiger partial charge in [-0.25, -0.2) is 8.42 Å². The number of rotatable bonds is 7. The summed E-state index contributed by atoms with van der Waals surface area (Å²) in [6, 6.07) is 0. The van der Waals surface area contributed by atoms with Gasteiger partial charge >= 0.3 is 5.97 Å². The van der Waals surface area contributed by atoms with Crippen LogP contribution >= 0.6 is 0 Å². The maximum Gasteiger partial charge on any atom is 0.321 e. The van der Waals surface area contributed by atoms with Gasteiger partial charge in [-0.2, -0.15) is 0 Å². The van der Waals surface area contributed by atoms with Crippen molar-refractivity contribution in [2.24, 2.45) is 11.1 Å². The predicted molar refractivity (Wildman–Crippen MR) is 76.6 cm³/mol. The highest BCUT2D eigenvalue weighted by molar-refractivity contribution is 7.92. The van der Waals surface area contributed by atoms with Gasteiger partial charge in [0.15, 0.2) is 9.84 Å². The molecule has 0 atom stereocenters. The molecule has 5 nitrogen and oxygen atoms in total. The van der Waals surface area contributed by atoms with E-state index in [-0.39, 0.29) is 11.2 Å². The first-order chi connectivity index (χ1) is 8.37. The SMILES string of the molecule is CC(C)(CN)CCCS(=O)(=O)CC(=O)OC(C)(C)C. The quantitative estimate of drug-likeness (QED) is 0.719. The fraction of sp³-hybridized carbons (Fsp3) is 0.923. The van der Waals surface area contributed by atoms with E-state index in [0.29, 0.717) is 13.0 Å². The second-order valence-corrected chi connectivity index (χ2v) is 8.83. The highest BCUT2D eigenvalue weighted by Gasteiger charge is 2.23. The first-order valence-corrected chi connectivity index (χ1v) is 8.31. The van der Waals surface area contributed by atoms with E-state index in [1.54, 1.807) is 20.8 Å². The molecule has 0 heterocycles. The molecule has 0 amide bonds. The summed E-state index contributed by atoms with van der Waals surface area (Å²) in [7, 11) is -3.40. The summed E-state index contributed by atoms with van der Waals surface area (Å²) in [5, 5.41) is 0. The average Bonchev–Trinajstić information content (AvgIpc) is 2.12. The molecule has 0 bridgehead atoms. The molecule has 0 spiro atoms. The van der Waals surface area contributed by atoms with Gasteiger partial charge in [0.2, 0.25) is 0 Å². The monoisotopic (exact) mass is 293 g/mol. The van der Waals surface area contributed by atoms with Crippen molar-refractivity contribution in [3.63, 3.8) is 0 Å². The van der Waals surface area contributed by atoms with E-state index in [1.165, 1.54) is 0 Å². The van der Waals surface area contributed by atoms with Gasteiger partial charge in [-0.3, -0.25) is 4.79 Å². The zero-order valence-electron chi connectivity index (χ0n) is 12.7. The van der Waals surface area contributed by atoms with Crippen LogP contribution in [0.5, 0.6) is 0 Å². The number of hydrogen-bond donors (Lipinski definition) is 1. The molecular formula is C13H27NO4S. The number of carbonyl (C=O) groups excluding carboxylic acids is 1. The molecule has 6 heteroatoms. The number of nitrogens with two attached hydrogens (primary N) is 1. The number of ether oxygens (including phenoxy) is 1. The minimum atomic E-state index is -3.40. The Morgan fingerprint density at radius 1 is 1.16 bits per heavy atom. The van der Waals surface area contributed by atoms with Crippen LogP contribution in [0.15, 0.2) is 0 Å². The van der Waals surface area contributed by atoms with Crippen molar-refractivity contribution in [3.05, 3.63) is 0 Å². The minimum Gasteiger partial charge on any atom is -0.459 e. The molecule has 0 aromatic rings. The van der Waals surface area contributed by atoms with Crippen molar-refractivity contribution >= 4 is 15.8 Å². The Morgan fingerprint density at radius 3 is 2.11 bits per heavy atom. The third-order valence-electron chi connectivity index (χ3n) is 2.62. The fourth-order valence-corrected chi connectivity index (χ4v) is 2.64. The Kier molecular flexibility index (Phi) is 6.48. The molecule has 0 saturated carbocycles. The zero-order valence-corrected chi connectivity index (χ0v) is 13.5. The number of esters is 1. The Hall–Kier alpha value is -0.620. The van der Waals surface area contributed by atoms with Crippen LogP contribution in [0.25, 0.3) is 0 Å². The maximum absolute atomic E-state index is 11.8. The van der Waals surface area contributed by atoms with Crippen molar-refractivity contribution in [3.8, 4) is 0 Å². The van der Waals surface area contributed by atoms with Gasteiger partial charge in [0, 0.05) is 0 Å². The van der Waals surface area contributed by atoms with Crippen LogP contribution in [0.4, 0.5) is 0 Å². The standard InChI is InChI=1S/C13H27NO4S/c1-12(2,3)18-11(15)9-19(16,17)8-6-7-13(4,5)10-14/h6-10,14H2,1-5H3. The molecule has 0 rings (SSSR count). The molecular weight excluding hydrogens is 266 g/mol. The van der Waals surface area contributed by atoms with Gasteiger partial charge < -0.3 is 10.5 Å². The predicted octanol–water partition coefficient (Wildman–Crippen LogP) is 1.51. The Labute approximate surface area is 116 Å². The molecule has 0 radical (unpaired) electrons. The molecule has 0 aliphatic rings. The Balaban J connectivity index is 4.24. The van der Waals surface area contributed by atoms with Crippen LogP contribution in [0, 0.1) is 5.41 Å². The van der Waals surface area contributed by atoms with Gasteiger partial charge in [0.25, 0.3) is 0 Å². The van der Waals surface area contributed by atoms with E-state index in [9.17, 15) is 13.2 Å². The zero-order chi connectivity index (χ0) is 15.3. The molecule has 0 aliphatic heterocycles. The van der Waals surface area contributed by atoms with Crippen molar-refractivity contribution in [2.75, 3.05) is 18.1 Å². The third kappa shape index (κ3) is 9.90. The lowest BCUT2D eigenvalue weighted by molar-refractivity contribution is -0.151. The highest BCUT2D eigenvalue weighted by atomic mass is 32.2. The first-order valence-electron chi connectivity index (χ1n) is 6.49. The molecule has 0 aromatic heterocycles. The second-order valence-electron chi connectivity index (χ2n) is 6.65. The van der Waals surface area contributed by atoms with Gasteiger partial charge in [0.1, 0.15) is 11.4 Å². The molecule has 0 fully saturated rings. The summed E-state index contributed by atoms with van der Waals surface area (Å²) in [4.78, 5) is 11.5. The molecule has 0 saturated heterocycles. The van der Waals surface area contributed by atoms with E-state index in [2.05, 4.69) is 0 Å². The fourth-order valence-electron chi connectivity index (χ4n) is 1.50. The smallest absolute Gasteiger partial charge is 0.321 e. The van der Waals surface area contributed by atoms with Crippen LogP contribution in [-0.4, -0.2) is 38.0 Å². The van der Waals surface area contributed by atoms with E-state index < -0.39 is 27.2 Å². The van der Waals surface area contributed by atoms with Crippen molar-refractivity contribution in [2.45, 2.75) is 53.1 Å². The third-order valence-corrected chi connectivity index (χ3v) is 4.21. The van der Waals surface area contributed by atoms with E-state index >= 15 is 0 Å². The molecule has 2 N–H and O–H groups in total. The molecule has 0 unspecified atom stereocenters. The summed E-state index contributed by atoms with van der Waals surface area (Å²) in [5.41, 5.74) is 4.86. The summed E-state index contributed by atoms with van der Waals surface area (Å²) in [6.07, 6.45) is 1.23. The molecule has 114 valence electrons. The van der Waals surface area contributed by atoms with Crippen LogP contribution in [0.3, 0.4) is 0 Å². The van der Waals surface area contributed by atoms with Gasteiger partial charge in [-0.1, -0.05) is 13.8 Å². The lowest BCUT2D eigenvalue weighted by Crippen LogP contribution is -2.30. The summed E-state index contributed by atoms with van der Waals surface area (Å²) in [5.74, 6) is -1.24. The van der Waals surface area contributed by atoms with Crippen molar-refractivity contribution < 1.29 is 17.9 Å². The summed E-state index contributed by atoms with van der Waals surface area (Å²) < 4.78 is 28.5. The topological polar surface area (TPSA) is 86.5 Å². The molecule has 19 heavy (non-hydrogen) atoms. The van der Waals surface area contributed by atoms with Gasteiger partial charge in [0.05, 0.1) is 5.75 Å². The normalized spacial score (nSPS) is 13.4. The lowest BCUT2D eigenvalue weighted by atomic mass is 9.88. The number of sulfone groups is 1. The maximum atomic E-state index is 11.8. The van der Waals surface area contributed by atoms with Crippen LogP contribution < -0.4 is 5.73 Å².